The van der Waals surface area contributed by atoms with Gasteiger partial charge in [0, 0.05) is 30.3 Å². The van der Waals surface area contributed by atoms with Crippen LogP contribution in [0.1, 0.15) is 31.7 Å². The van der Waals surface area contributed by atoms with Gasteiger partial charge in [0.2, 0.25) is 5.91 Å². The summed E-state index contributed by atoms with van der Waals surface area (Å²) in [6, 6.07) is 5.46. The zero-order valence-corrected chi connectivity index (χ0v) is 13.8. The zero-order valence-electron chi connectivity index (χ0n) is 13.0. The molecule has 0 aliphatic heterocycles. The predicted molar refractivity (Wildman–Crippen MR) is 86.2 cm³/mol. The Morgan fingerprint density at radius 1 is 1.45 bits per heavy atom. The number of nitrogens with one attached hydrogen (secondary N) is 1. The Hall–Kier alpha value is -1.55. The molecule has 1 fully saturated rings. The zero-order chi connectivity index (χ0) is 16.1. The summed E-state index contributed by atoms with van der Waals surface area (Å²) in [6.07, 6.45) is 2.35. The molecular formula is C17H22ClNO3. The Morgan fingerprint density at radius 3 is 2.91 bits per heavy atom. The topological polar surface area (TPSA) is 55.4 Å². The number of rotatable bonds is 5. The van der Waals surface area contributed by atoms with E-state index in [1.807, 2.05) is 19.1 Å². The lowest BCUT2D eigenvalue weighted by molar-refractivity contribution is -0.130. The largest absolute Gasteiger partial charge is 0.496 e. The number of hydrogen-bond acceptors (Lipinski definition) is 3. The van der Waals surface area contributed by atoms with Gasteiger partial charge in [0.05, 0.1) is 7.11 Å². The van der Waals surface area contributed by atoms with Crippen LogP contribution in [0.3, 0.4) is 0 Å². The molecule has 0 aromatic heterocycles. The number of benzene rings is 1. The highest BCUT2D eigenvalue weighted by atomic mass is 35.5. The minimum absolute atomic E-state index is 0.0426. The van der Waals surface area contributed by atoms with E-state index < -0.39 is 0 Å². The van der Waals surface area contributed by atoms with Crippen molar-refractivity contribution < 1.29 is 14.3 Å². The third-order valence-corrected chi connectivity index (χ3v) is 4.48. The van der Waals surface area contributed by atoms with E-state index in [1.165, 1.54) is 0 Å². The van der Waals surface area contributed by atoms with Crippen molar-refractivity contribution in [1.29, 1.82) is 0 Å². The molecule has 0 bridgehead atoms. The first-order valence-corrected chi connectivity index (χ1v) is 8.01. The molecule has 5 heteroatoms. The Morgan fingerprint density at radius 2 is 2.23 bits per heavy atom. The Bertz CT molecular complexity index is 559. The van der Waals surface area contributed by atoms with Crippen LogP contribution < -0.4 is 10.1 Å². The van der Waals surface area contributed by atoms with E-state index in [-0.39, 0.29) is 23.5 Å². The molecule has 1 amide bonds. The summed E-state index contributed by atoms with van der Waals surface area (Å²) in [6.45, 7) is 2.51. The van der Waals surface area contributed by atoms with Gasteiger partial charge < -0.3 is 10.1 Å². The summed E-state index contributed by atoms with van der Waals surface area (Å²) >= 11 is 5.99. The Balaban J connectivity index is 1.87. The van der Waals surface area contributed by atoms with E-state index >= 15 is 0 Å². The normalized spacial score (nSPS) is 21.5. The van der Waals surface area contributed by atoms with E-state index in [1.54, 1.807) is 13.2 Å². The fourth-order valence-corrected chi connectivity index (χ4v) is 3.18. The van der Waals surface area contributed by atoms with Gasteiger partial charge >= 0.3 is 0 Å². The average Bonchev–Trinajstić information content (AvgIpc) is 2.47. The van der Waals surface area contributed by atoms with Crippen LogP contribution in [-0.2, 0) is 16.0 Å². The van der Waals surface area contributed by atoms with Crippen molar-refractivity contribution in [2.45, 2.75) is 32.6 Å². The van der Waals surface area contributed by atoms with E-state index in [2.05, 4.69) is 5.32 Å². The second-order valence-electron chi connectivity index (χ2n) is 5.86. The summed E-state index contributed by atoms with van der Waals surface area (Å²) in [4.78, 5) is 23.6. The van der Waals surface area contributed by atoms with Crippen molar-refractivity contribution in [2.75, 3.05) is 13.7 Å². The molecule has 1 aromatic carbocycles. The highest BCUT2D eigenvalue weighted by Crippen LogP contribution is 2.28. The summed E-state index contributed by atoms with van der Waals surface area (Å²) in [5.74, 6) is 1.15. The third-order valence-electron chi connectivity index (χ3n) is 4.24. The molecule has 2 rings (SSSR count). The van der Waals surface area contributed by atoms with Gasteiger partial charge in [0.25, 0.3) is 0 Å². The van der Waals surface area contributed by atoms with E-state index in [0.29, 0.717) is 37.3 Å². The van der Waals surface area contributed by atoms with Crippen LogP contribution in [0.25, 0.3) is 0 Å². The minimum Gasteiger partial charge on any atom is -0.496 e. The number of hydrogen-bond donors (Lipinski definition) is 1. The lowest BCUT2D eigenvalue weighted by atomic mass is 9.79. The molecule has 0 spiro atoms. The van der Waals surface area contributed by atoms with Crippen molar-refractivity contribution in [3.05, 3.63) is 28.8 Å². The van der Waals surface area contributed by atoms with E-state index in [0.717, 1.165) is 11.3 Å². The molecule has 22 heavy (non-hydrogen) atoms. The Kier molecular flexibility index (Phi) is 5.83. The molecule has 1 N–H and O–H groups in total. The number of carbonyl (C=O) groups is 2. The maximum Gasteiger partial charge on any atom is 0.223 e. The van der Waals surface area contributed by atoms with Gasteiger partial charge in [-0.1, -0.05) is 18.5 Å². The summed E-state index contributed by atoms with van der Waals surface area (Å²) in [5, 5.41) is 3.62. The van der Waals surface area contributed by atoms with Crippen LogP contribution in [0.5, 0.6) is 5.75 Å². The van der Waals surface area contributed by atoms with Gasteiger partial charge in [0.15, 0.2) is 0 Å². The molecule has 1 saturated carbocycles. The predicted octanol–water partition coefficient (Wildman–Crippen LogP) is 3.01. The molecule has 2 atom stereocenters. The van der Waals surface area contributed by atoms with Crippen LogP contribution >= 0.6 is 11.6 Å². The second-order valence-corrected chi connectivity index (χ2v) is 6.30. The summed E-state index contributed by atoms with van der Waals surface area (Å²) < 4.78 is 5.29. The van der Waals surface area contributed by atoms with Crippen molar-refractivity contribution in [3.63, 3.8) is 0 Å². The second kappa shape index (κ2) is 7.63. The molecule has 120 valence electrons. The molecule has 4 nitrogen and oxygen atoms in total. The lowest BCUT2D eigenvalue weighted by Crippen LogP contribution is -2.38. The summed E-state index contributed by atoms with van der Waals surface area (Å²) in [5.41, 5.74) is 0.974. The maximum absolute atomic E-state index is 12.2. The number of amides is 1. The first kappa shape index (κ1) is 16.8. The van der Waals surface area contributed by atoms with Gasteiger partial charge in [-0.25, -0.2) is 0 Å². The van der Waals surface area contributed by atoms with Crippen LogP contribution in [0.2, 0.25) is 5.02 Å². The number of carbonyl (C=O) groups excluding carboxylic acids is 2. The highest BCUT2D eigenvalue weighted by Gasteiger charge is 2.30. The van der Waals surface area contributed by atoms with Gasteiger partial charge in [0.1, 0.15) is 11.5 Å². The first-order chi connectivity index (χ1) is 10.5. The quantitative estimate of drug-likeness (QED) is 0.906. The van der Waals surface area contributed by atoms with Gasteiger partial charge in [-0.15, -0.1) is 0 Å². The number of halogens is 1. The smallest absolute Gasteiger partial charge is 0.223 e. The molecule has 0 heterocycles. The van der Waals surface area contributed by atoms with Crippen LogP contribution in [0, 0.1) is 11.8 Å². The minimum atomic E-state index is -0.0565. The van der Waals surface area contributed by atoms with Crippen molar-refractivity contribution >= 4 is 23.3 Å². The standard InChI is InChI=1S/C17H22ClNO3/c1-11-9-14(20)4-5-15(11)17(21)19-8-7-12-10-13(18)3-6-16(12)22-2/h3,6,10-11,15H,4-5,7-9H2,1-2H3,(H,19,21)/t11-,15-/m1/s1. The molecule has 1 aromatic rings. The number of methoxy groups -OCH3 is 1. The van der Waals surface area contributed by atoms with Crippen molar-refractivity contribution in [3.8, 4) is 5.75 Å². The average molecular weight is 324 g/mol. The molecule has 1 aliphatic rings. The molecule has 1 aliphatic carbocycles. The lowest BCUT2D eigenvalue weighted by Gasteiger charge is -2.26. The molecule has 0 unspecified atom stereocenters. The van der Waals surface area contributed by atoms with Gasteiger partial charge in [-0.3, -0.25) is 9.59 Å². The maximum atomic E-state index is 12.2. The first-order valence-electron chi connectivity index (χ1n) is 7.63. The van der Waals surface area contributed by atoms with E-state index in [4.69, 9.17) is 16.3 Å². The Labute approximate surface area is 136 Å². The SMILES string of the molecule is COc1ccc(Cl)cc1CCNC(=O)[C@@H]1CCC(=O)C[C@H]1C. The number of ketones is 1. The van der Waals surface area contributed by atoms with Crippen LogP contribution in [-0.4, -0.2) is 25.3 Å². The molecular weight excluding hydrogens is 302 g/mol. The monoisotopic (exact) mass is 323 g/mol. The number of ether oxygens (including phenoxy) is 1. The van der Waals surface area contributed by atoms with Crippen molar-refractivity contribution in [1.82, 2.24) is 5.32 Å². The van der Waals surface area contributed by atoms with Crippen LogP contribution in [0.4, 0.5) is 0 Å². The number of Topliss-reactive ketones (excluding diaryl/α,β-unsaturated/α-hetero) is 1. The van der Waals surface area contributed by atoms with Crippen LogP contribution in [0.15, 0.2) is 18.2 Å². The van der Waals surface area contributed by atoms with Crippen molar-refractivity contribution in [2.24, 2.45) is 11.8 Å². The fraction of sp³-hybridized carbons (Fsp3) is 0.529. The van der Waals surface area contributed by atoms with Gasteiger partial charge in [-0.05, 0) is 42.5 Å². The third kappa shape index (κ3) is 4.23. The highest BCUT2D eigenvalue weighted by molar-refractivity contribution is 6.30. The fourth-order valence-electron chi connectivity index (χ4n) is 2.99. The summed E-state index contributed by atoms with van der Waals surface area (Å²) in [7, 11) is 1.62. The van der Waals surface area contributed by atoms with Gasteiger partial charge in [-0.2, -0.15) is 0 Å². The van der Waals surface area contributed by atoms with E-state index in [9.17, 15) is 9.59 Å². The molecule has 0 saturated heterocycles. The molecule has 0 radical (unpaired) electrons.